The number of nitrogens with one attached hydrogen (secondary N) is 2. The molecule has 9 heteroatoms. The number of rotatable bonds is 4. The molecule has 4 rings (SSSR count). The van der Waals surface area contributed by atoms with Gasteiger partial charge in [0.15, 0.2) is 5.16 Å². The van der Waals surface area contributed by atoms with Crippen molar-refractivity contribution in [2.75, 3.05) is 5.75 Å². The Morgan fingerprint density at radius 1 is 1.36 bits per heavy atom. The Morgan fingerprint density at radius 2 is 2.16 bits per heavy atom. The topological polar surface area (TPSA) is 93.1 Å². The molecule has 2 aliphatic carbocycles. The van der Waals surface area contributed by atoms with Crippen molar-refractivity contribution < 1.29 is 9.59 Å². The van der Waals surface area contributed by atoms with Crippen molar-refractivity contribution in [3.8, 4) is 0 Å². The van der Waals surface area contributed by atoms with Crippen LogP contribution >= 0.6 is 23.1 Å². The third-order valence-corrected chi connectivity index (χ3v) is 6.62. The van der Waals surface area contributed by atoms with Gasteiger partial charge in [-0.15, -0.1) is 11.3 Å². The van der Waals surface area contributed by atoms with Crippen LogP contribution in [0, 0.1) is 0 Å². The molecular weight excluding hydrogens is 360 g/mol. The maximum atomic E-state index is 12.7. The van der Waals surface area contributed by atoms with Crippen LogP contribution in [-0.4, -0.2) is 33.3 Å². The lowest BCUT2D eigenvalue weighted by Crippen LogP contribution is -2.41. The number of hydrogen-bond donors (Lipinski definition) is 2. The summed E-state index contributed by atoms with van der Waals surface area (Å²) in [5.74, 6) is -0.360. The van der Waals surface area contributed by atoms with Gasteiger partial charge in [-0.25, -0.2) is 9.78 Å². The van der Waals surface area contributed by atoms with Crippen LogP contribution in [0.15, 0.2) is 9.95 Å². The molecule has 0 spiro atoms. The molecule has 2 aliphatic rings. The van der Waals surface area contributed by atoms with Gasteiger partial charge in [-0.3, -0.25) is 19.5 Å². The molecule has 0 radical (unpaired) electrons. The van der Waals surface area contributed by atoms with Crippen molar-refractivity contribution in [3.63, 3.8) is 0 Å². The maximum Gasteiger partial charge on any atom is 0.321 e. The highest BCUT2D eigenvalue weighted by Gasteiger charge is 2.25. The van der Waals surface area contributed by atoms with Gasteiger partial charge >= 0.3 is 6.03 Å². The minimum Gasteiger partial charge on any atom is -0.335 e. The number of amides is 3. The molecule has 2 N–H and O–H groups in total. The normalized spacial score (nSPS) is 16.0. The number of urea groups is 1. The first kappa shape index (κ1) is 16.6. The molecule has 0 unspecified atom stereocenters. The van der Waals surface area contributed by atoms with Gasteiger partial charge < -0.3 is 5.32 Å². The van der Waals surface area contributed by atoms with Crippen molar-refractivity contribution in [3.05, 3.63) is 20.8 Å². The number of hydrogen-bond acceptors (Lipinski definition) is 6. The van der Waals surface area contributed by atoms with E-state index < -0.39 is 11.9 Å². The van der Waals surface area contributed by atoms with Gasteiger partial charge in [-0.2, -0.15) is 0 Å². The predicted molar refractivity (Wildman–Crippen MR) is 97.3 cm³/mol. The average molecular weight is 378 g/mol. The van der Waals surface area contributed by atoms with E-state index in [1.54, 1.807) is 18.4 Å². The molecule has 0 aromatic carbocycles. The van der Waals surface area contributed by atoms with Gasteiger partial charge in [0.05, 0.1) is 11.1 Å². The average Bonchev–Trinajstić information content (AvgIpc) is 3.13. The highest BCUT2D eigenvalue weighted by Crippen LogP contribution is 2.35. The van der Waals surface area contributed by atoms with Crippen molar-refractivity contribution in [1.82, 2.24) is 20.2 Å². The Morgan fingerprint density at radius 3 is 2.92 bits per heavy atom. The SMILES string of the molecule is Cn1c(SCC(=O)NC(=O)NC2CC2)nc2sc3c(c2c1=O)CCC3. The summed E-state index contributed by atoms with van der Waals surface area (Å²) in [6, 6.07) is -0.258. The summed E-state index contributed by atoms with van der Waals surface area (Å²) in [7, 11) is 1.67. The fourth-order valence-corrected chi connectivity index (χ4v) is 5.05. The molecule has 132 valence electrons. The Labute approximate surface area is 152 Å². The summed E-state index contributed by atoms with van der Waals surface area (Å²) in [6.45, 7) is 0. The number of aryl methyl sites for hydroxylation is 2. The highest BCUT2D eigenvalue weighted by molar-refractivity contribution is 7.99. The number of fused-ring (bicyclic) bond motifs is 3. The van der Waals surface area contributed by atoms with Crippen LogP contribution in [-0.2, 0) is 24.7 Å². The lowest BCUT2D eigenvalue weighted by molar-refractivity contribution is -0.117. The van der Waals surface area contributed by atoms with E-state index in [-0.39, 0.29) is 17.4 Å². The molecule has 0 saturated heterocycles. The zero-order valence-corrected chi connectivity index (χ0v) is 15.4. The summed E-state index contributed by atoms with van der Waals surface area (Å²) in [4.78, 5) is 42.7. The molecule has 7 nitrogen and oxygen atoms in total. The molecule has 1 fully saturated rings. The molecule has 2 aromatic heterocycles. The van der Waals surface area contributed by atoms with Crippen LogP contribution in [0.1, 0.15) is 29.7 Å². The summed E-state index contributed by atoms with van der Waals surface area (Å²) in [6.07, 6.45) is 4.98. The third kappa shape index (κ3) is 3.30. The molecule has 0 aliphatic heterocycles. The van der Waals surface area contributed by atoms with Crippen LogP contribution < -0.4 is 16.2 Å². The Hall–Kier alpha value is -1.87. The number of thiophene rings is 1. The predicted octanol–water partition coefficient (Wildman–Crippen LogP) is 1.56. The van der Waals surface area contributed by atoms with Gasteiger partial charge in [-0.1, -0.05) is 11.8 Å². The minimum atomic E-state index is -0.458. The van der Waals surface area contributed by atoms with Crippen LogP contribution in [0.3, 0.4) is 0 Å². The van der Waals surface area contributed by atoms with Gasteiger partial charge in [-0.05, 0) is 37.7 Å². The first-order chi connectivity index (χ1) is 12.0. The zero-order valence-electron chi connectivity index (χ0n) is 13.8. The molecule has 2 aromatic rings. The van der Waals surface area contributed by atoms with E-state index >= 15 is 0 Å². The monoisotopic (exact) mass is 378 g/mol. The summed E-state index contributed by atoms with van der Waals surface area (Å²) >= 11 is 2.75. The molecule has 3 amide bonds. The van der Waals surface area contributed by atoms with E-state index in [2.05, 4.69) is 15.6 Å². The Balaban J connectivity index is 1.48. The molecule has 25 heavy (non-hydrogen) atoms. The van der Waals surface area contributed by atoms with Crippen molar-refractivity contribution in [1.29, 1.82) is 0 Å². The first-order valence-electron chi connectivity index (χ1n) is 8.27. The van der Waals surface area contributed by atoms with Gasteiger partial charge in [0.1, 0.15) is 4.83 Å². The first-order valence-corrected chi connectivity index (χ1v) is 10.1. The fourth-order valence-electron chi connectivity index (χ4n) is 2.98. The van der Waals surface area contributed by atoms with Gasteiger partial charge in [0.2, 0.25) is 5.91 Å². The second-order valence-electron chi connectivity index (χ2n) is 6.38. The quantitative estimate of drug-likeness (QED) is 0.622. The highest BCUT2D eigenvalue weighted by atomic mass is 32.2. The van der Waals surface area contributed by atoms with E-state index in [0.29, 0.717) is 5.16 Å². The lowest BCUT2D eigenvalue weighted by atomic mass is 10.2. The molecule has 0 atom stereocenters. The molecule has 1 saturated carbocycles. The van der Waals surface area contributed by atoms with E-state index in [1.807, 2.05) is 0 Å². The van der Waals surface area contributed by atoms with Crippen molar-refractivity contribution in [2.24, 2.45) is 7.05 Å². The van der Waals surface area contributed by atoms with E-state index in [1.165, 1.54) is 21.2 Å². The standard InChI is InChI=1S/C16H18N4O3S2/c1-20-14(22)12-9-3-2-4-10(9)25-13(12)19-16(20)24-7-11(21)18-15(23)17-8-5-6-8/h8H,2-7H2,1H3,(H2,17,18,21,23). The molecule has 0 bridgehead atoms. The summed E-state index contributed by atoms with van der Waals surface area (Å²) < 4.78 is 1.50. The van der Waals surface area contributed by atoms with E-state index in [4.69, 9.17) is 0 Å². The van der Waals surface area contributed by atoms with Crippen LogP contribution in [0.25, 0.3) is 10.2 Å². The number of carbonyl (C=O) groups excluding carboxylic acids is 2. The largest absolute Gasteiger partial charge is 0.335 e. The summed E-state index contributed by atoms with van der Waals surface area (Å²) in [5, 5.41) is 6.23. The maximum absolute atomic E-state index is 12.7. The Bertz CT molecular complexity index is 930. The van der Waals surface area contributed by atoms with Crippen LogP contribution in [0.4, 0.5) is 4.79 Å². The Kier molecular flexibility index (Phi) is 4.28. The van der Waals surface area contributed by atoms with Crippen molar-refractivity contribution >= 4 is 45.3 Å². The van der Waals surface area contributed by atoms with Crippen LogP contribution in [0.5, 0.6) is 0 Å². The summed E-state index contributed by atoms with van der Waals surface area (Å²) in [5.41, 5.74) is 1.10. The second-order valence-corrected chi connectivity index (χ2v) is 8.41. The van der Waals surface area contributed by atoms with Crippen molar-refractivity contribution in [2.45, 2.75) is 43.3 Å². The fraction of sp³-hybridized carbons (Fsp3) is 0.500. The third-order valence-electron chi connectivity index (χ3n) is 4.40. The molecular formula is C16H18N4O3S2. The van der Waals surface area contributed by atoms with E-state index in [0.717, 1.165) is 47.9 Å². The smallest absolute Gasteiger partial charge is 0.321 e. The lowest BCUT2D eigenvalue weighted by Gasteiger charge is -2.08. The molecule has 2 heterocycles. The van der Waals surface area contributed by atoms with Gasteiger partial charge in [0.25, 0.3) is 5.56 Å². The van der Waals surface area contributed by atoms with Gasteiger partial charge in [0, 0.05) is 18.0 Å². The number of carbonyl (C=O) groups is 2. The van der Waals surface area contributed by atoms with E-state index in [9.17, 15) is 14.4 Å². The van der Waals surface area contributed by atoms with Crippen LogP contribution in [0.2, 0.25) is 0 Å². The number of aromatic nitrogens is 2. The number of nitrogens with zero attached hydrogens (tertiary/aromatic N) is 2. The minimum absolute atomic E-state index is 0.0367. The second kappa shape index (κ2) is 6.45. The number of thioether (sulfide) groups is 1. The zero-order chi connectivity index (χ0) is 17.6. The number of imide groups is 1.